The van der Waals surface area contributed by atoms with E-state index in [2.05, 4.69) is 58.1 Å². The number of nitrogens with zero attached hydrogens (tertiary/aromatic N) is 2. The first-order valence-electron chi connectivity index (χ1n) is 9.42. The zero-order valence-electron chi connectivity index (χ0n) is 17.1. The van der Waals surface area contributed by atoms with Crippen LogP contribution in [0.25, 0.3) is 0 Å². The van der Waals surface area contributed by atoms with Gasteiger partial charge in [-0.15, -0.1) is 0 Å². The smallest absolute Gasteiger partial charge is 0.223 e. The van der Waals surface area contributed by atoms with E-state index < -0.39 is 0 Å². The summed E-state index contributed by atoms with van der Waals surface area (Å²) in [6.07, 6.45) is 4.91. The molecule has 0 fully saturated rings. The molecule has 0 saturated heterocycles. The van der Waals surface area contributed by atoms with E-state index in [1.54, 1.807) is 12.3 Å². The number of aryl methyl sites for hydroxylation is 3. The lowest BCUT2D eigenvalue weighted by Gasteiger charge is -2.10. The molecule has 0 aliphatic heterocycles. The highest BCUT2D eigenvalue weighted by molar-refractivity contribution is 9.10. The molecule has 0 saturated carbocycles. The molecule has 0 atom stereocenters. The average molecular weight is 442 g/mol. The Morgan fingerprint density at radius 2 is 2.04 bits per heavy atom. The van der Waals surface area contributed by atoms with Crippen molar-refractivity contribution >= 4 is 33.7 Å². The minimum absolute atomic E-state index is 0.541. The molecule has 0 bridgehead atoms. The number of benzene rings is 1. The van der Waals surface area contributed by atoms with Crippen LogP contribution in [0.15, 0.2) is 57.6 Å². The van der Waals surface area contributed by atoms with Crippen molar-refractivity contribution in [3.63, 3.8) is 0 Å². The number of aliphatic imine (C=N–C) groups is 2. The molecule has 28 heavy (non-hydrogen) atoms. The molecular weight excluding hydrogens is 414 g/mol. The Balaban J connectivity index is 2.27. The van der Waals surface area contributed by atoms with Crippen molar-refractivity contribution in [1.29, 1.82) is 0 Å². The molecule has 0 aliphatic carbocycles. The normalized spacial score (nSPS) is 11.8. The minimum Gasteiger partial charge on any atom is -0.477 e. The van der Waals surface area contributed by atoms with Crippen LogP contribution in [0.4, 0.5) is 5.69 Å². The van der Waals surface area contributed by atoms with Gasteiger partial charge >= 0.3 is 0 Å². The fourth-order valence-electron chi connectivity index (χ4n) is 2.98. The van der Waals surface area contributed by atoms with Gasteiger partial charge in [0.05, 0.1) is 22.3 Å². The van der Waals surface area contributed by atoms with E-state index in [4.69, 9.17) is 9.73 Å². The quantitative estimate of drug-likeness (QED) is 0.374. The molecule has 0 spiro atoms. The van der Waals surface area contributed by atoms with Crippen molar-refractivity contribution in [2.75, 3.05) is 6.61 Å². The first kappa shape index (κ1) is 21.9. The Kier molecular flexibility index (Phi) is 8.00. The van der Waals surface area contributed by atoms with E-state index in [1.807, 2.05) is 26.8 Å². The predicted molar refractivity (Wildman–Crippen MR) is 123 cm³/mol. The van der Waals surface area contributed by atoms with Gasteiger partial charge < -0.3 is 9.72 Å². The Morgan fingerprint density at radius 3 is 2.61 bits per heavy atom. The topological polar surface area (TPSA) is 49.7 Å². The highest BCUT2D eigenvalue weighted by Crippen LogP contribution is 2.27. The molecule has 0 amide bonds. The summed E-state index contributed by atoms with van der Waals surface area (Å²) < 4.78 is 6.86. The fraction of sp³-hybridized carbons (Fsp3) is 0.304. The molecule has 1 N–H and O–H groups in total. The Bertz CT molecular complexity index is 922. The molecule has 0 aliphatic rings. The molecule has 1 aromatic heterocycles. The number of hydrogen-bond donors (Lipinski definition) is 1. The fourth-order valence-corrected chi connectivity index (χ4v) is 3.82. The highest BCUT2D eigenvalue weighted by Gasteiger charge is 2.18. The summed E-state index contributed by atoms with van der Waals surface area (Å²) in [4.78, 5) is 12.5. The van der Waals surface area contributed by atoms with E-state index in [-0.39, 0.29) is 0 Å². The number of aromatic nitrogens is 1. The van der Waals surface area contributed by atoms with E-state index in [0.717, 1.165) is 50.4 Å². The minimum atomic E-state index is 0.541. The van der Waals surface area contributed by atoms with Crippen LogP contribution in [0.3, 0.4) is 0 Å². The van der Waals surface area contributed by atoms with Crippen molar-refractivity contribution in [3.8, 4) is 0 Å². The van der Waals surface area contributed by atoms with Gasteiger partial charge in [-0.05, 0) is 60.3 Å². The zero-order chi connectivity index (χ0) is 20.7. The predicted octanol–water partition coefficient (Wildman–Crippen LogP) is 6.38. The van der Waals surface area contributed by atoms with Gasteiger partial charge in [0.25, 0.3) is 0 Å². The summed E-state index contributed by atoms with van der Waals surface area (Å²) in [5.41, 5.74) is 7.06. The average Bonchev–Trinajstić information content (AvgIpc) is 2.94. The summed E-state index contributed by atoms with van der Waals surface area (Å²) >= 11 is 3.69. The van der Waals surface area contributed by atoms with Crippen molar-refractivity contribution in [2.45, 2.75) is 40.5 Å². The van der Waals surface area contributed by atoms with Gasteiger partial charge in [-0.3, -0.25) is 4.99 Å². The summed E-state index contributed by atoms with van der Waals surface area (Å²) in [6.45, 7) is 16.5. The van der Waals surface area contributed by atoms with Crippen LogP contribution in [-0.4, -0.2) is 23.7 Å². The van der Waals surface area contributed by atoms with E-state index in [9.17, 15) is 0 Å². The summed E-state index contributed by atoms with van der Waals surface area (Å²) in [7, 11) is 0. The van der Waals surface area contributed by atoms with Crippen LogP contribution in [0.2, 0.25) is 0 Å². The number of ether oxygens (including phenoxy) is 1. The van der Waals surface area contributed by atoms with Gasteiger partial charge in [0.1, 0.15) is 0 Å². The van der Waals surface area contributed by atoms with Gasteiger partial charge in [-0.1, -0.05) is 38.3 Å². The van der Waals surface area contributed by atoms with Crippen LogP contribution >= 0.6 is 15.9 Å². The molecule has 148 valence electrons. The lowest BCUT2D eigenvalue weighted by molar-refractivity contribution is 0.328. The van der Waals surface area contributed by atoms with E-state index in [0.29, 0.717) is 18.9 Å². The highest BCUT2D eigenvalue weighted by atomic mass is 79.9. The number of halogens is 1. The second-order valence-corrected chi connectivity index (χ2v) is 7.29. The molecule has 1 heterocycles. The maximum Gasteiger partial charge on any atom is 0.223 e. The van der Waals surface area contributed by atoms with E-state index >= 15 is 0 Å². The molecule has 4 nitrogen and oxygen atoms in total. The third-order valence-corrected chi connectivity index (χ3v) is 5.17. The third-order valence-electron chi connectivity index (χ3n) is 4.29. The lowest BCUT2D eigenvalue weighted by Crippen LogP contribution is -2.09. The molecule has 1 aromatic carbocycles. The second kappa shape index (κ2) is 10.2. The zero-order valence-corrected chi connectivity index (χ0v) is 18.7. The number of aromatic amines is 1. The van der Waals surface area contributed by atoms with Crippen LogP contribution in [0, 0.1) is 13.8 Å². The maximum absolute atomic E-state index is 5.85. The SMILES string of the molecule is C=CC=Nc1ccc(CC(=C)N=C(OCC)c2c(C)[nH]c(CC)c2Br)cc1C. The summed E-state index contributed by atoms with van der Waals surface area (Å²) in [5, 5.41) is 0. The first-order valence-corrected chi connectivity index (χ1v) is 10.2. The Hall–Kier alpha value is -2.40. The van der Waals surface area contributed by atoms with Crippen molar-refractivity contribution < 1.29 is 4.74 Å². The number of rotatable bonds is 8. The van der Waals surface area contributed by atoms with Crippen LogP contribution in [-0.2, 0) is 17.6 Å². The number of allylic oxidation sites excluding steroid dienone is 2. The van der Waals surface area contributed by atoms with Crippen molar-refractivity contribution in [3.05, 3.63) is 75.7 Å². The standard InChI is InChI=1S/C23H28BrN3O/c1-7-12-25-20-11-10-18(13-15(20)4)14-16(5)26-23(28-9-3)21-17(6)27-19(8-2)22(21)24/h7,10-13,27H,1,5,8-9,14H2,2-4,6H3. The lowest BCUT2D eigenvalue weighted by atomic mass is 10.1. The first-order chi connectivity index (χ1) is 13.4. The Labute approximate surface area is 176 Å². The third kappa shape index (κ3) is 5.32. The molecule has 0 unspecified atom stereocenters. The summed E-state index contributed by atoms with van der Waals surface area (Å²) in [6, 6.07) is 6.17. The van der Waals surface area contributed by atoms with Gasteiger partial charge in [0.2, 0.25) is 5.90 Å². The molecule has 5 heteroatoms. The van der Waals surface area contributed by atoms with E-state index in [1.165, 1.54) is 0 Å². The van der Waals surface area contributed by atoms with Gasteiger partial charge in [0.15, 0.2) is 0 Å². The number of hydrogen-bond acceptors (Lipinski definition) is 3. The van der Waals surface area contributed by atoms with Gasteiger partial charge in [-0.2, -0.15) is 0 Å². The van der Waals surface area contributed by atoms with Gasteiger partial charge in [-0.25, -0.2) is 4.99 Å². The number of nitrogens with one attached hydrogen (secondary N) is 1. The maximum atomic E-state index is 5.85. The molecule has 2 aromatic rings. The van der Waals surface area contributed by atoms with Crippen molar-refractivity contribution in [2.24, 2.45) is 9.98 Å². The largest absolute Gasteiger partial charge is 0.477 e. The summed E-state index contributed by atoms with van der Waals surface area (Å²) in [5.74, 6) is 0.594. The molecule has 0 radical (unpaired) electrons. The van der Waals surface area contributed by atoms with Crippen molar-refractivity contribution in [1.82, 2.24) is 4.98 Å². The second-order valence-electron chi connectivity index (χ2n) is 6.50. The molecule has 2 rings (SSSR count). The van der Waals surface area contributed by atoms with Crippen LogP contribution in [0.5, 0.6) is 0 Å². The Morgan fingerprint density at radius 1 is 1.29 bits per heavy atom. The van der Waals surface area contributed by atoms with Crippen LogP contribution in [0.1, 0.15) is 41.9 Å². The molecular formula is C23H28BrN3O. The van der Waals surface area contributed by atoms with Gasteiger partial charge in [0, 0.05) is 29.7 Å². The number of H-pyrrole nitrogens is 1. The van der Waals surface area contributed by atoms with Crippen LogP contribution < -0.4 is 0 Å². The monoisotopic (exact) mass is 441 g/mol.